The second kappa shape index (κ2) is 5.85. The van der Waals surface area contributed by atoms with Crippen LogP contribution < -0.4 is 0 Å². The first-order chi connectivity index (χ1) is 11.7. The predicted octanol–water partition coefficient (Wildman–Crippen LogP) is 4.97. The molecule has 5 nitrogen and oxygen atoms in total. The lowest BCUT2D eigenvalue weighted by molar-refractivity contribution is 0.725. The van der Waals surface area contributed by atoms with Gasteiger partial charge in [0.15, 0.2) is 0 Å². The van der Waals surface area contributed by atoms with E-state index in [0.29, 0.717) is 5.95 Å². The highest BCUT2D eigenvalue weighted by atomic mass is 15.3. The summed E-state index contributed by atoms with van der Waals surface area (Å²) < 4.78 is 1.94. The maximum Gasteiger partial charge on any atom is 0.249 e. The molecule has 0 N–H and O–H groups in total. The largest absolute Gasteiger partial charge is 0.310 e. The van der Waals surface area contributed by atoms with Gasteiger partial charge in [0.1, 0.15) is 6.04 Å². The quantitative estimate of drug-likeness (QED) is 0.501. The molecule has 4 aromatic rings. The van der Waals surface area contributed by atoms with Gasteiger partial charge in [0.05, 0.1) is 16.7 Å². The van der Waals surface area contributed by atoms with E-state index in [-0.39, 0.29) is 6.04 Å². The van der Waals surface area contributed by atoms with Crippen molar-refractivity contribution in [3.8, 4) is 0 Å². The van der Waals surface area contributed by atoms with E-state index in [1.54, 1.807) is 0 Å². The zero-order chi connectivity index (χ0) is 16.5. The molecule has 1 unspecified atom stereocenters. The third-order valence-corrected chi connectivity index (χ3v) is 4.16. The van der Waals surface area contributed by atoms with Gasteiger partial charge in [0, 0.05) is 18.6 Å². The number of benzene rings is 2. The van der Waals surface area contributed by atoms with Gasteiger partial charge in [-0.3, -0.25) is 4.98 Å². The second-order valence-electron chi connectivity index (χ2n) is 5.81. The van der Waals surface area contributed by atoms with Crippen LogP contribution in [-0.4, -0.2) is 14.5 Å². The van der Waals surface area contributed by atoms with Crippen molar-refractivity contribution in [3.05, 3.63) is 66.5 Å². The molecule has 2 aromatic heterocycles. The highest BCUT2D eigenvalue weighted by Crippen LogP contribution is 2.24. The van der Waals surface area contributed by atoms with Crippen molar-refractivity contribution in [2.45, 2.75) is 13.0 Å². The third kappa shape index (κ3) is 2.54. The summed E-state index contributed by atoms with van der Waals surface area (Å²) in [6, 6.07) is 18.1. The Hall–Kier alpha value is -3.08. The molecule has 0 aliphatic rings. The number of para-hydroxylation sites is 2. The number of fused-ring (bicyclic) bond motifs is 2. The molecule has 2 aromatic carbocycles. The average Bonchev–Trinajstić information content (AvgIpc) is 2.95. The number of rotatable bonds is 3. The summed E-state index contributed by atoms with van der Waals surface area (Å²) in [7, 11) is 1.95. The summed E-state index contributed by atoms with van der Waals surface area (Å²) in [5.41, 5.74) is 2.87. The smallest absolute Gasteiger partial charge is 0.249 e. The Morgan fingerprint density at radius 1 is 1.00 bits per heavy atom. The number of aryl methyl sites for hydroxylation is 1. The van der Waals surface area contributed by atoms with Crippen LogP contribution in [-0.2, 0) is 7.05 Å². The van der Waals surface area contributed by atoms with E-state index in [0.717, 1.165) is 27.5 Å². The van der Waals surface area contributed by atoms with Crippen molar-refractivity contribution in [2.24, 2.45) is 17.3 Å². The maximum absolute atomic E-state index is 4.51. The summed E-state index contributed by atoms with van der Waals surface area (Å²) in [5.74, 6) is 0.601. The number of nitrogens with zero attached hydrogens (tertiary/aromatic N) is 5. The molecule has 0 aliphatic carbocycles. The fourth-order valence-corrected chi connectivity index (χ4v) is 2.75. The van der Waals surface area contributed by atoms with Crippen LogP contribution in [0.4, 0.5) is 5.95 Å². The molecule has 2 heterocycles. The van der Waals surface area contributed by atoms with Crippen molar-refractivity contribution >= 4 is 27.8 Å². The van der Waals surface area contributed by atoms with Crippen LogP contribution in [0.1, 0.15) is 18.7 Å². The minimum absolute atomic E-state index is 0.130. The van der Waals surface area contributed by atoms with Crippen molar-refractivity contribution in [1.29, 1.82) is 0 Å². The fraction of sp³-hybridized carbons (Fsp3) is 0.158. The van der Waals surface area contributed by atoms with Crippen LogP contribution in [0.2, 0.25) is 0 Å². The molecule has 0 bridgehead atoms. The topological polar surface area (TPSA) is 55.4 Å². The van der Waals surface area contributed by atoms with E-state index in [9.17, 15) is 0 Å². The summed E-state index contributed by atoms with van der Waals surface area (Å²) in [4.78, 5) is 9.01. The van der Waals surface area contributed by atoms with E-state index in [2.05, 4.69) is 38.4 Å². The molecule has 0 fully saturated rings. The molecule has 118 valence electrons. The summed E-state index contributed by atoms with van der Waals surface area (Å²) >= 11 is 0. The van der Waals surface area contributed by atoms with E-state index in [1.165, 1.54) is 0 Å². The van der Waals surface area contributed by atoms with Gasteiger partial charge in [-0.2, -0.15) is 5.11 Å². The minimum Gasteiger partial charge on any atom is -0.310 e. The van der Waals surface area contributed by atoms with E-state index >= 15 is 0 Å². The van der Waals surface area contributed by atoms with Gasteiger partial charge in [-0.15, -0.1) is 5.11 Å². The maximum atomic E-state index is 4.51. The lowest BCUT2D eigenvalue weighted by atomic mass is 10.1. The molecule has 0 radical (unpaired) electrons. The first-order valence-electron chi connectivity index (χ1n) is 7.89. The Morgan fingerprint density at radius 2 is 1.75 bits per heavy atom. The zero-order valence-corrected chi connectivity index (χ0v) is 13.6. The molecule has 4 rings (SSSR count). The summed E-state index contributed by atoms with van der Waals surface area (Å²) in [6.45, 7) is 1.99. The molecule has 0 spiro atoms. The first kappa shape index (κ1) is 14.5. The first-order valence-corrected chi connectivity index (χ1v) is 7.89. The number of aromatic nitrogens is 3. The Morgan fingerprint density at radius 3 is 2.58 bits per heavy atom. The summed E-state index contributed by atoms with van der Waals surface area (Å²) in [5, 5.41) is 11.0. The van der Waals surface area contributed by atoms with E-state index < -0.39 is 0 Å². The van der Waals surface area contributed by atoms with Crippen molar-refractivity contribution in [3.63, 3.8) is 0 Å². The molecular formula is C19H17N5. The van der Waals surface area contributed by atoms with E-state index in [1.807, 2.05) is 61.1 Å². The Bertz CT molecular complexity index is 1050. The zero-order valence-electron chi connectivity index (χ0n) is 13.6. The monoisotopic (exact) mass is 315 g/mol. The molecule has 0 saturated heterocycles. The highest BCUT2D eigenvalue weighted by Gasteiger charge is 2.09. The van der Waals surface area contributed by atoms with Crippen LogP contribution in [0.3, 0.4) is 0 Å². The van der Waals surface area contributed by atoms with Gasteiger partial charge in [0.25, 0.3) is 0 Å². The normalized spacial score (nSPS) is 13.1. The molecule has 0 amide bonds. The van der Waals surface area contributed by atoms with Crippen molar-refractivity contribution in [1.82, 2.24) is 14.5 Å². The average molecular weight is 315 g/mol. The van der Waals surface area contributed by atoms with Gasteiger partial charge in [-0.25, -0.2) is 4.98 Å². The van der Waals surface area contributed by atoms with Crippen molar-refractivity contribution < 1.29 is 0 Å². The van der Waals surface area contributed by atoms with Crippen molar-refractivity contribution in [2.75, 3.05) is 0 Å². The molecule has 24 heavy (non-hydrogen) atoms. The van der Waals surface area contributed by atoms with Crippen LogP contribution in [0.25, 0.3) is 21.8 Å². The van der Waals surface area contributed by atoms with E-state index in [4.69, 9.17) is 0 Å². The van der Waals surface area contributed by atoms with Crippen LogP contribution in [0.15, 0.2) is 71.0 Å². The number of hydrogen-bond donors (Lipinski definition) is 0. The van der Waals surface area contributed by atoms with Gasteiger partial charge in [0.2, 0.25) is 5.95 Å². The highest BCUT2D eigenvalue weighted by molar-refractivity contribution is 5.81. The van der Waals surface area contributed by atoms with Crippen LogP contribution >= 0.6 is 0 Å². The van der Waals surface area contributed by atoms with Gasteiger partial charge in [-0.05, 0) is 30.5 Å². The molecular weight excluding hydrogens is 298 g/mol. The third-order valence-electron chi connectivity index (χ3n) is 4.16. The number of hydrogen-bond acceptors (Lipinski definition) is 4. The molecule has 0 saturated carbocycles. The lowest BCUT2D eigenvalue weighted by Gasteiger charge is -2.06. The fourth-order valence-electron chi connectivity index (χ4n) is 2.75. The van der Waals surface area contributed by atoms with Crippen LogP contribution in [0.5, 0.6) is 0 Å². The molecule has 5 heteroatoms. The molecule has 0 aliphatic heterocycles. The van der Waals surface area contributed by atoms with Gasteiger partial charge < -0.3 is 4.57 Å². The van der Waals surface area contributed by atoms with Gasteiger partial charge in [-0.1, -0.05) is 36.4 Å². The Balaban J connectivity index is 1.65. The van der Waals surface area contributed by atoms with Crippen LogP contribution in [0, 0.1) is 0 Å². The Labute approximate surface area is 139 Å². The predicted molar refractivity (Wildman–Crippen MR) is 95.4 cm³/mol. The lowest BCUT2D eigenvalue weighted by Crippen LogP contribution is -1.93. The molecule has 1 atom stereocenters. The number of pyridine rings is 1. The second-order valence-corrected chi connectivity index (χ2v) is 5.81. The van der Waals surface area contributed by atoms with Gasteiger partial charge >= 0.3 is 0 Å². The standard InChI is InChI=1S/C19H17N5/c1-13(17-11-14-7-3-4-8-15(14)12-20-17)22-23-19-21-16-9-5-6-10-18(16)24(19)2/h3-13H,1-2H3. The minimum atomic E-state index is -0.130. The number of imidazole rings is 1. The number of azo groups is 1. The SMILES string of the molecule is CC(N=Nc1nc2ccccc2n1C)c1cc2ccccc2cn1. The Kier molecular flexibility index (Phi) is 3.54. The summed E-state index contributed by atoms with van der Waals surface area (Å²) in [6.07, 6.45) is 1.88.